The van der Waals surface area contributed by atoms with Crippen LogP contribution in [0.25, 0.3) is 0 Å². The molecular weight excluding hydrogens is 236 g/mol. The molecule has 18 heavy (non-hydrogen) atoms. The van der Waals surface area contributed by atoms with Crippen LogP contribution in [0.15, 0.2) is 18.2 Å². The summed E-state index contributed by atoms with van der Waals surface area (Å²) in [5, 5.41) is 3.22. The van der Waals surface area contributed by atoms with Gasteiger partial charge in [0.1, 0.15) is 11.6 Å². The summed E-state index contributed by atoms with van der Waals surface area (Å²) in [6, 6.07) is 3.66. The van der Waals surface area contributed by atoms with E-state index in [1.54, 1.807) is 0 Å². The third-order valence-corrected chi connectivity index (χ3v) is 2.77. The maximum Gasteiger partial charge on any atom is 0.130 e. The average molecular weight is 257 g/mol. The Labute approximate surface area is 107 Å². The normalized spacial score (nSPS) is 12.7. The summed E-state index contributed by atoms with van der Waals surface area (Å²) in [6.45, 7) is 6.02. The highest BCUT2D eigenvalue weighted by Gasteiger charge is 2.14. The van der Waals surface area contributed by atoms with Gasteiger partial charge in [0, 0.05) is 30.9 Å². The molecular formula is C14H21F2NO. The van der Waals surface area contributed by atoms with E-state index in [4.69, 9.17) is 4.74 Å². The van der Waals surface area contributed by atoms with Crippen molar-refractivity contribution in [3.05, 3.63) is 35.4 Å². The molecule has 0 saturated carbocycles. The molecule has 1 atom stereocenters. The summed E-state index contributed by atoms with van der Waals surface area (Å²) in [5.74, 6) is -1.03. The molecule has 0 spiro atoms. The van der Waals surface area contributed by atoms with Gasteiger partial charge in [0.2, 0.25) is 0 Å². The van der Waals surface area contributed by atoms with Crippen LogP contribution < -0.4 is 5.32 Å². The van der Waals surface area contributed by atoms with Crippen LogP contribution in [-0.2, 0) is 4.74 Å². The van der Waals surface area contributed by atoms with Crippen molar-refractivity contribution in [2.24, 2.45) is 0 Å². The number of hydrogen-bond acceptors (Lipinski definition) is 2. The number of halogens is 2. The zero-order valence-electron chi connectivity index (χ0n) is 11.0. The van der Waals surface area contributed by atoms with Gasteiger partial charge in [-0.15, -0.1) is 0 Å². The maximum absolute atomic E-state index is 13.7. The number of rotatable bonds is 8. The molecule has 0 aromatic heterocycles. The summed E-state index contributed by atoms with van der Waals surface area (Å²) in [7, 11) is 0. The zero-order chi connectivity index (χ0) is 13.4. The summed E-state index contributed by atoms with van der Waals surface area (Å²) >= 11 is 0. The second-order valence-corrected chi connectivity index (χ2v) is 4.12. The fourth-order valence-electron chi connectivity index (χ4n) is 1.93. The third kappa shape index (κ3) is 4.70. The summed E-state index contributed by atoms with van der Waals surface area (Å²) in [5.41, 5.74) is 0.523. The first-order chi connectivity index (χ1) is 8.69. The molecule has 1 rings (SSSR count). The van der Waals surface area contributed by atoms with Gasteiger partial charge in [0.05, 0.1) is 0 Å². The predicted molar refractivity (Wildman–Crippen MR) is 68.5 cm³/mol. The van der Waals surface area contributed by atoms with Gasteiger partial charge in [-0.25, -0.2) is 8.78 Å². The SMILES string of the molecule is CCNC(CCCOCC)c1ccc(F)cc1F. The Balaban J connectivity index is 2.64. The Hall–Kier alpha value is -1.00. The van der Waals surface area contributed by atoms with Crippen LogP contribution in [-0.4, -0.2) is 19.8 Å². The van der Waals surface area contributed by atoms with Crippen molar-refractivity contribution in [1.82, 2.24) is 5.32 Å². The molecule has 0 aliphatic carbocycles. The Morgan fingerprint density at radius 3 is 2.67 bits per heavy atom. The lowest BCUT2D eigenvalue weighted by atomic mass is 10.0. The van der Waals surface area contributed by atoms with Crippen molar-refractivity contribution < 1.29 is 13.5 Å². The lowest BCUT2D eigenvalue weighted by Crippen LogP contribution is -2.22. The van der Waals surface area contributed by atoms with Crippen molar-refractivity contribution in [2.75, 3.05) is 19.8 Å². The Morgan fingerprint density at radius 1 is 1.28 bits per heavy atom. The van der Waals surface area contributed by atoms with Crippen molar-refractivity contribution in [3.63, 3.8) is 0 Å². The predicted octanol–water partition coefficient (Wildman–Crippen LogP) is 3.43. The quantitative estimate of drug-likeness (QED) is 0.720. The lowest BCUT2D eigenvalue weighted by molar-refractivity contribution is 0.140. The maximum atomic E-state index is 13.7. The minimum absolute atomic E-state index is 0.0870. The highest BCUT2D eigenvalue weighted by atomic mass is 19.1. The van der Waals surface area contributed by atoms with Crippen molar-refractivity contribution in [2.45, 2.75) is 32.7 Å². The van der Waals surface area contributed by atoms with Crippen LogP contribution in [0.5, 0.6) is 0 Å². The first-order valence-electron chi connectivity index (χ1n) is 6.45. The van der Waals surface area contributed by atoms with Crippen LogP contribution >= 0.6 is 0 Å². The Morgan fingerprint density at radius 2 is 2.06 bits per heavy atom. The van der Waals surface area contributed by atoms with Crippen LogP contribution in [0.2, 0.25) is 0 Å². The Bertz CT molecular complexity index is 358. The van der Waals surface area contributed by atoms with Crippen molar-refractivity contribution >= 4 is 0 Å². The van der Waals surface area contributed by atoms with Gasteiger partial charge in [-0.3, -0.25) is 0 Å². The van der Waals surface area contributed by atoms with Gasteiger partial charge < -0.3 is 10.1 Å². The molecule has 0 aliphatic heterocycles. The summed E-state index contributed by atoms with van der Waals surface area (Å²) in [4.78, 5) is 0. The fourth-order valence-corrected chi connectivity index (χ4v) is 1.93. The van der Waals surface area contributed by atoms with Crippen molar-refractivity contribution in [3.8, 4) is 0 Å². The second-order valence-electron chi connectivity index (χ2n) is 4.12. The largest absolute Gasteiger partial charge is 0.382 e. The molecule has 2 nitrogen and oxygen atoms in total. The van der Waals surface area contributed by atoms with Crippen LogP contribution in [0.4, 0.5) is 8.78 Å². The molecule has 0 radical (unpaired) electrons. The zero-order valence-corrected chi connectivity index (χ0v) is 11.0. The monoisotopic (exact) mass is 257 g/mol. The van der Waals surface area contributed by atoms with E-state index in [1.807, 2.05) is 13.8 Å². The van der Waals surface area contributed by atoms with E-state index in [2.05, 4.69) is 5.32 Å². The first-order valence-corrected chi connectivity index (χ1v) is 6.45. The molecule has 1 unspecified atom stereocenters. The number of benzene rings is 1. The van der Waals surface area contributed by atoms with Crippen LogP contribution in [0, 0.1) is 11.6 Å². The lowest BCUT2D eigenvalue weighted by Gasteiger charge is -2.19. The third-order valence-electron chi connectivity index (χ3n) is 2.77. The van der Waals surface area contributed by atoms with E-state index >= 15 is 0 Å². The molecule has 0 amide bonds. The highest BCUT2D eigenvalue weighted by Crippen LogP contribution is 2.22. The van der Waals surface area contributed by atoms with Gasteiger partial charge in [0.15, 0.2) is 0 Å². The van der Waals surface area contributed by atoms with E-state index in [9.17, 15) is 8.78 Å². The second kappa shape index (κ2) is 8.16. The molecule has 0 saturated heterocycles. The Kier molecular flexibility index (Phi) is 6.83. The van der Waals surface area contributed by atoms with Gasteiger partial charge in [-0.05, 0) is 32.4 Å². The van der Waals surface area contributed by atoms with E-state index in [0.29, 0.717) is 18.8 Å². The topological polar surface area (TPSA) is 21.3 Å². The molecule has 0 bridgehead atoms. The molecule has 1 N–H and O–H groups in total. The first kappa shape index (κ1) is 15.1. The highest BCUT2D eigenvalue weighted by molar-refractivity contribution is 5.22. The number of hydrogen-bond donors (Lipinski definition) is 1. The number of ether oxygens (including phenoxy) is 1. The summed E-state index contributed by atoms with van der Waals surface area (Å²) in [6.07, 6.45) is 1.62. The standard InChI is InChI=1S/C14H21F2NO/c1-3-17-14(6-5-9-18-4-2)12-8-7-11(15)10-13(12)16/h7-8,10,14,17H,3-6,9H2,1-2H3. The van der Waals surface area contributed by atoms with Crippen LogP contribution in [0.3, 0.4) is 0 Å². The number of nitrogens with one attached hydrogen (secondary N) is 1. The van der Waals surface area contributed by atoms with E-state index in [1.165, 1.54) is 12.1 Å². The molecule has 0 heterocycles. The van der Waals surface area contributed by atoms with Gasteiger partial charge >= 0.3 is 0 Å². The average Bonchev–Trinajstić information content (AvgIpc) is 2.34. The van der Waals surface area contributed by atoms with E-state index in [-0.39, 0.29) is 6.04 Å². The molecule has 4 heteroatoms. The van der Waals surface area contributed by atoms with E-state index in [0.717, 1.165) is 25.5 Å². The minimum atomic E-state index is -0.541. The van der Waals surface area contributed by atoms with E-state index < -0.39 is 11.6 Å². The van der Waals surface area contributed by atoms with Gasteiger partial charge in [0.25, 0.3) is 0 Å². The molecule has 0 aliphatic rings. The fraction of sp³-hybridized carbons (Fsp3) is 0.571. The summed E-state index contributed by atoms with van der Waals surface area (Å²) < 4.78 is 31.8. The minimum Gasteiger partial charge on any atom is -0.382 e. The molecule has 102 valence electrons. The molecule has 1 aromatic carbocycles. The smallest absolute Gasteiger partial charge is 0.130 e. The van der Waals surface area contributed by atoms with Crippen LogP contribution in [0.1, 0.15) is 38.3 Å². The van der Waals surface area contributed by atoms with Gasteiger partial charge in [-0.2, -0.15) is 0 Å². The molecule has 1 aromatic rings. The molecule has 0 fully saturated rings. The van der Waals surface area contributed by atoms with Crippen molar-refractivity contribution in [1.29, 1.82) is 0 Å². The van der Waals surface area contributed by atoms with Gasteiger partial charge in [-0.1, -0.05) is 13.0 Å².